The number of aliphatic hydroxyl groups excluding tert-OH is 1. The van der Waals surface area contributed by atoms with Crippen molar-refractivity contribution in [2.24, 2.45) is 5.16 Å². The minimum absolute atomic E-state index is 0.0313. The van der Waals surface area contributed by atoms with Gasteiger partial charge in [0.1, 0.15) is 11.6 Å². The van der Waals surface area contributed by atoms with Crippen LogP contribution in [0.25, 0.3) is 16.6 Å². The molecular formula is C19H16N4O2. The maximum atomic E-state index is 10.2. The van der Waals surface area contributed by atoms with Gasteiger partial charge in [-0.3, -0.25) is 0 Å². The Kier molecular flexibility index (Phi) is 4.77. The van der Waals surface area contributed by atoms with E-state index in [1.54, 1.807) is 6.92 Å². The van der Waals surface area contributed by atoms with Crippen molar-refractivity contribution < 1.29 is 9.94 Å². The highest BCUT2D eigenvalue weighted by molar-refractivity contribution is 5.98. The third-order valence-electron chi connectivity index (χ3n) is 3.62. The van der Waals surface area contributed by atoms with E-state index in [0.29, 0.717) is 11.5 Å². The number of para-hydroxylation sites is 2. The van der Waals surface area contributed by atoms with E-state index >= 15 is 0 Å². The molecule has 0 fully saturated rings. The van der Waals surface area contributed by atoms with Crippen LogP contribution in [0.15, 0.2) is 65.5 Å². The zero-order chi connectivity index (χ0) is 17.6. The predicted octanol–water partition coefficient (Wildman–Crippen LogP) is 3.80. The number of oxime groups is 1. The lowest BCUT2D eigenvalue weighted by Crippen LogP contribution is -2.01. The highest BCUT2D eigenvalue weighted by Gasteiger charge is 2.13. The van der Waals surface area contributed by atoms with Gasteiger partial charge < -0.3 is 14.9 Å². The van der Waals surface area contributed by atoms with Gasteiger partial charge >= 0.3 is 0 Å². The molecule has 0 atom stereocenters. The molecule has 25 heavy (non-hydrogen) atoms. The SMILES string of the molecule is CC(=NOC/C(O)=C(\C#N)c1nc2ccccc2[nH]1)c1ccccc1. The summed E-state index contributed by atoms with van der Waals surface area (Å²) >= 11 is 0. The van der Waals surface area contributed by atoms with Gasteiger partial charge in [-0.2, -0.15) is 5.26 Å². The highest BCUT2D eigenvalue weighted by Crippen LogP contribution is 2.18. The van der Waals surface area contributed by atoms with Crippen molar-refractivity contribution in [2.75, 3.05) is 6.61 Å². The molecule has 3 rings (SSSR count). The lowest BCUT2D eigenvalue weighted by Gasteiger charge is -2.03. The second-order valence-corrected chi connectivity index (χ2v) is 5.35. The molecule has 124 valence electrons. The number of aromatic amines is 1. The van der Waals surface area contributed by atoms with Crippen LogP contribution in [0.3, 0.4) is 0 Å². The number of hydrogen-bond donors (Lipinski definition) is 2. The fourth-order valence-corrected chi connectivity index (χ4v) is 2.32. The van der Waals surface area contributed by atoms with Crippen molar-refractivity contribution in [1.29, 1.82) is 5.26 Å². The summed E-state index contributed by atoms with van der Waals surface area (Å²) in [6, 6.07) is 18.9. The molecule has 0 spiro atoms. The molecule has 0 amide bonds. The lowest BCUT2D eigenvalue weighted by atomic mass is 10.1. The molecule has 0 bridgehead atoms. The summed E-state index contributed by atoms with van der Waals surface area (Å²) in [6.07, 6.45) is 0. The summed E-state index contributed by atoms with van der Waals surface area (Å²) in [5, 5.41) is 23.5. The number of nitriles is 1. The van der Waals surface area contributed by atoms with Gasteiger partial charge in [-0.05, 0) is 24.6 Å². The normalized spacial score (nSPS) is 12.6. The molecule has 2 aromatic carbocycles. The Hall–Kier alpha value is -3.59. The van der Waals surface area contributed by atoms with Crippen LogP contribution in [0.1, 0.15) is 18.3 Å². The maximum absolute atomic E-state index is 10.2. The summed E-state index contributed by atoms with van der Waals surface area (Å²) in [5.41, 5.74) is 3.14. The van der Waals surface area contributed by atoms with E-state index in [9.17, 15) is 10.4 Å². The zero-order valence-corrected chi connectivity index (χ0v) is 13.6. The number of H-pyrrole nitrogens is 1. The Morgan fingerprint density at radius 3 is 2.64 bits per heavy atom. The molecular weight excluding hydrogens is 316 g/mol. The van der Waals surface area contributed by atoms with Crippen LogP contribution in [0, 0.1) is 11.3 Å². The van der Waals surface area contributed by atoms with Crippen LogP contribution in [-0.4, -0.2) is 27.4 Å². The van der Waals surface area contributed by atoms with Crippen molar-refractivity contribution in [3.63, 3.8) is 0 Å². The first-order valence-corrected chi connectivity index (χ1v) is 7.68. The van der Waals surface area contributed by atoms with Crippen LogP contribution in [-0.2, 0) is 4.84 Å². The summed E-state index contributed by atoms with van der Waals surface area (Å²) in [6.45, 7) is 1.59. The van der Waals surface area contributed by atoms with Gasteiger partial charge in [0, 0.05) is 0 Å². The largest absolute Gasteiger partial charge is 0.507 e. The van der Waals surface area contributed by atoms with Crippen LogP contribution in [0.5, 0.6) is 0 Å². The van der Waals surface area contributed by atoms with Gasteiger partial charge in [0.15, 0.2) is 18.2 Å². The number of benzene rings is 2. The number of hydrogen-bond acceptors (Lipinski definition) is 5. The Bertz CT molecular complexity index is 948. The number of fused-ring (bicyclic) bond motifs is 1. The van der Waals surface area contributed by atoms with E-state index in [0.717, 1.165) is 16.6 Å². The maximum Gasteiger partial charge on any atom is 0.175 e. The predicted molar refractivity (Wildman–Crippen MR) is 95.9 cm³/mol. The quantitative estimate of drug-likeness (QED) is 0.321. The molecule has 0 saturated heterocycles. The average Bonchev–Trinajstić information content (AvgIpc) is 3.06. The van der Waals surface area contributed by atoms with E-state index in [1.807, 2.05) is 60.7 Å². The summed E-state index contributed by atoms with van der Waals surface area (Å²) in [7, 11) is 0. The molecule has 0 saturated carbocycles. The first-order valence-electron chi connectivity index (χ1n) is 7.68. The van der Waals surface area contributed by atoms with Crippen LogP contribution in [0.4, 0.5) is 0 Å². The third kappa shape index (κ3) is 3.67. The second-order valence-electron chi connectivity index (χ2n) is 5.35. The molecule has 0 aliphatic rings. The minimum atomic E-state index is -0.230. The lowest BCUT2D eigenvalue weighted by molar-refractivity contribution is 0.137. The molecule has 6 heteroatoms. The molecule has 0 unspecified atom stereocenters. The van der Waals surface area contributed by atoms with Gasteiger partial charge in [-0.15, -0.1) is 0 Å². The zero-order valence-electron chi connectivity index (χ0n) is 13.6. The van der Waals surface area contributed by atoms with Gasteiger partial charge in [0.05, 0.1) is 16.7 Å². The third-order valence-corrected chi connectivity index (χ3v) is 3.62. The average molecular weight is 332 g/mol. The molecule has 0 aliphatic heterocycles. The fourth-order valence-electron chi connectivity index (χ4n) is 2.32. The Morgan fingerprint density at radius 1 is 1.20 bits per heavy atom. The van der Waals surface area contributed by atoms with Gasteiger partial charge in [0.2, 0.25) is 0 Å². The van der Waals surface area contributed by atoms with E-state index < -0.39 is 0 Å². The smallest absolute Gasteiger partial charge is 0.175 e. The van der Waals surface area contributed by atoms with Crippen LogP contribution < -0.4 is 0 Å². The summed E-state index contributed by atoms with van der Waals surface area (Å²) < 4.78 is 0. The Balaban J connectivity index is 1.77. The van der Waals surface area contributed by atoms with E-state index in [1.165, 1.54) is 0 Å². The number of allylic oxidation sites excluding steroid dienone is 1. The number of rotatable bonds is 5. The summed E-state index contributed by atoms with van der Waals surface area (Å²) in [4.78, 5) is 12.5. The first kappa shape index (κ1) is 16.3. The number of nitrogens with one attached hydrogen (secondary N) is 1. The standard InChI is InChI=1S/C19H16N4O2/c1-13(14-7-3-2-4-8-14)23-25-12-18(24)15(11-20)19-21-16-9-5-6-10-17(16)22-19/h2-10,24H,12H2,1H3,(H,21,22)/b18-15-,23-13?. The molecule has 0 aliphatic carbocycles. The number of nitrogens with zero attached hydrogens (tertiary/aromatic N) is 3. The topological polar surface area (TPSA) is 94.3 Å². The monoisotopic (exact) mass is 332 g/mol. The summed E-state index contributed by atoms with van der Waals surface area (Å²) in [5.74, 6) is 0.0692. The first-order chi connectivity index (χ1) is 12.2. The van der Waals surface area contributed by atoms with Crippen molar-refractivity contribution in [1.82, 2.24) is 9.97 Å². The molecule has 0 radical (unpaired) electrons. The fraction of sp³-hybridized carbons (Fsp3) is 0.105. The number of aliphatic hydroxyl groups is 1. The second kappa shape index (κ2) is 7.32. The van der Waals surface area contributed by atoms with Gasteiger partial charge in [-0.1, -0.05) is 47.6 Å². The minimum Gasteiger partial charge on any atom is -0.507 e. The highest BCUT2D eigenvalue weighted by atomic mass is 16.6. The van der Waals surface area contributed by atoms with Crippen LogP contribution in [0.2, 0.25) is 0 Å². The Morgan fingerprint density at radius 2 is 1.92 bits per heavy atom. The van der Waals surface area contributed by atoms with Crippen molar-refractivity contribution in [2.45, 2.75) is 6.92 Å². The molecule has 3 aromatic rings. The van der Waals surface area contributed by atoms with Crippen LogP contribution >= 0.6 is 0 Å². The van der Waals surface area contributed by atoms with Gasteiger partial charge in [-0.25, -0.2) is 4.98 Å². The molecule has 6 nitrogen and oxygen atoms in total. The molecule has 1 heterocycles. The van der Waals surface area contributed by atoms with E-state index in [-0.39, 0.29) is 17.9 Å². The van der Waals surface area contributed by atoms with Crippen molar-refractivity contribution in [3.8, 4) is 6.07 Å². The number of aromatic nitrogens is 2. The number of imidazole rings is 1. The van der Waals surface area contributed by atoms with Crippen molar-refractivity contribution >= 4 is 22.3 Å². The molecule has 1 aromatic heterocycles. The van der Waals surface area contributed by atoms with E-state index in [2.05, 4.69) is 15.1 Å². The molecule has 2 N–H and O–H groups in total. The van der Waals surface area contributed by atoms with Crippen molar-refractivity contribution in [3.05, 3.63) is 71.7 Å². The van der Waals surface area contributed by atoms with E-state index in [4.69, 9.17) is 4.84 Å². The van der Waals surface area contributed by atoms with Gasteiger partial charge in [0.25, 0.3) is 0 Å². The Labute approximate surface area is 144 Å².